The van der Waals surface area contributed by atoms with Crippen molar-refractivity contribution in [2.24, 2.45) is 0 Å². The zero-order valence-corrected chi connectivity index (χ0v) is 10.5. The van der Waals surface area contributed by atoms with Gasteiger partial charge < -0.3 is 9.87 Å². The van der Waals surface area contributed by atoms with Crippen molar-refractivity contribution < 1.29 is 17.8 Å². The standard InChI is InChI=1S/C9H15NO4S2/c1-3-15(12)7-6-10-9(11)5-8-16(13,14)4-2/h3-4H,1-2,5-8H2,(H,10,11). The molecular weight excluding hydrogens is 250 g/mol. The number of amides is 1. The van der Waals surface area contributed by atoms with Crippen molar-refractivity contribution in [2.75, 3.05) is 18.1 Å². The molecule has 5 nitrogen and oxygen atoms in total. The summed E-state index contributed by atoms with van der Waals surface area (Å²) in [5.74, 6) is -0.359. The maximum atomic E-state index is 11.1. The van der Waals surface area contributed by atoms with Crippen molar-refractivity contribution >= 4 is 26.9 Å². The highest BCUT2D eigenvalue weighted by atomic mass is 32.2. The molecule has 0 bridgehead atoms. The van der Waals surface area contributed by atoms with E-state index >= 15 is 0 Å². The van der Waals surface area contributed by atoms with Crippen molar-refractivity contribution in [1.29, 1.82) is 0 Å². The van der Waals surface area contributed by atoms with E-state index in [1.165, 1.54) is 5.41 Å². The molecule has 0 aromatic rings. The third kappa shape index (κ3) is 7.49. The molecule has 0 fully saturated rings. The lowest BCUT2D eigenvalue weighted by Gasteiger charge is -2.06. The Morgan fingerprint density at radius 2 is 2.06 bits per heavy atom. The fourth-order valence-corrected chi connectivity index (χ4v) is 1.89. The number of hydrogen-bond donors (Lipinski definition) is 1. The average Bonchev–Trinajstić information content (AvgIpc) is 2.26. The fourth-order valence-electron chi connectivity index (χ4n) is 0.781. The molecule has 0 saturated heterocycles. The van der Waals surface area contributed by atoms with E-state index in [1.807, 2.05) is 0 Å². The smallest absolute Gasteiger partial charge is 0.221 e. The summed E-state index contributed by atoms with van der Waals surface area (Å²) >= 11 is -1.15. The first-order valence-corrected chi connectivity index (χ1v) is 7.62. The van der Waals surface area contributed by atoms with E-state index in [9.17, 15) is 17.8 Å². The van der Waals surface area contributed by atoms with Crippen LogP contribution in [0.4, 0.5) is 0 Å². The number of carbonyl (C=O) groups excluding carboxylic acids is 1. The minimum atomic E-state index is -3.33. The van der Waals surface area contributed by atoms with Gasteiger partial charge in [0.2, 0.25) is 5.91 Å². The molecule has 1 atom stereocenters. The summed E-state index contributed by atoms with van der Waals surface area (Å²) in [7, 11) is -3.33. The number of hydrogen-bond acceptors (Lipinski definition) is 4. The SMILES string of the molecule is C=C[S+]([O-])CCNC(=O)CCS(=O)(=O)C=C. The monoisotopic (exact) mass is 265 g/mol. The van der Waals surface area contributed by atoms with Crippen LogP contribution in [0.15, 0.2) is 24.0 Å². The molecule has 0 radical (unpaired) electrons. The summed E-state index contributed by atoms with van der Waals surface area (Å²) in [6.45, 7) is 6.71. The summed E-state index contributed by atoms with van der Waals surface area (Å²) in [5.41, 5.74) is 0. The van der Waals surface area contributed by atoms with Crippen LogP contribution in [0.5, 0.6) is 0 Å². The molecule has 0 aliphatic heterocycles. The van der Waals surface area contributed by atoms with Gasteiger partial charge in [-0.05, 0) is 11.2 Å². The molecule has 0 saturated carbocycles. The number of carbonyl (C=O) groups is 1. The molecule has 7 heteroatoms. The van der Waals surface area contributed by atoms with E-state index in [0.717, 1.165) is 5.41 Å². The summed E-state index contributed by atoms with van der Waals surface area (Å²) in [5, 5.41) is 4.58. The van der Waals surface area contributed by atoms with Crippen molar-refractivity contribution in [3.8, 4) is 0 Å². The van der Waals surface area contributed by atoms with Gasteiger partial charge in [0, 0.05) is 11.8 Å². The minimum Gasteiger partial charge on any atom is -0.612 e. The lowest BCUT2D eigenvalue weighted by molar-refractivity contribution is -0.120. The molecular formula is C9H15NO4S2. The molecule has 92 valence electrons. The highest BCUT2D eigenvalue weighted by Gasteiger charge is 2.09. The topological polar surface area (TPSA) is 86.3 Å². The van der Waals surface area contributed by atoms with Crippen LogP contribution in [0.25, 0.3) is 0 Å². The van der Waals surface area contributed by atoms with Gasteiger partial charge in [0.1, 0.15) is 11.2 Å². The van der Waals surface area contributed by atoms with Gasteiger partial charge in [0.05, 0.1) is 12.3 Å². The van der Waals surface area contributed by atoms with Crippen molar-refractivity contribution in [2.45, 2.75) is 6.42 Å². The van der Waals surface area contributed by atoms with E-state index in [2.05, 4.69) is 18.5 Å². The van der Waals surface area contributed by atoms with Crippen molar-refractivity contribution in [3.63, 3.8) is 0 Å². The summed E-state index contributed by atoms with van der Waals surface area (Å²) < 4.78 is 32.8. The van der Waals surface area contributed by atoms with Gasteiger partial charge in [-0.15, -0.1) is 0 Å². The maximum absolute atomic E-state index is 11.1. The Morgan fingerprint density at radius 1 is 1.44 bits per heavy atom. The fraction of sp³-hybridized carbons (Fsp3) is 0.444. The first-order chi connectivity index (χ1) is 7.41. The summed E-state index contributed by atoms with van der Waals surface area (Å²) in [4.78, 5) is 11.1. The maximum Gasteiger partial charge on any atom is 0.221 e. The molecule has 0 spiro atoms. The van der Waals surface area contributed by atoms with Gasteiger partial charge in [-0.3, -0.25) is 4.79 Å². The second-order valence-electron chi connectivity index (χ2n) is 2.89. The zero-order chi connectivity index (χ0) is 12.6. The van der Waals surface area contributed by atoms with Gasteiger partial charge in [-0.2, -0.15) is 0 Å². The van der Waals surface area contributed by atoms with Crippen LogP contribution in [0, 0.1) is 0 Å². The van der Waals surface area contributed by atoms with Crippen LogP contribution in [0.2, 0.25) is 0 Å². The predicted octanol–water partition coefficient (Wildman–Crippen LogP) is -0.0568. The molecule has 0 aliphatic rings. The Bertz CT molecular complexity index is 351. The molecule has 0 aromatic carbocycles. The van der Waals surface area contributed by atoms with Crippen LogP contribution >= 0.6 is 0 Å². The van der Waals surface area contributed by atoms with E-state index in [0.29, 0.717) is 0 Å². The Kier molecular flexibility index (Phi) is 7.11. The molecule has 0 aromatic heterocycles. The Morgan fingerprint density at radius 3 is 2.56 bits per heavy atom. The van der Waals surface area contributed by atoms with Gasteiger partial charge in [0.25, 0.3) is 0 Å². The first-order valence-electron chi connectivity index (χ1n) is 4.53. The quantitative estimate of drug-likeness (QED) is 0.623. The summed E-state index contributed by atoms with van der Waals surface area (Å²) in [6.07, 6.45) is -0.116. The minimum absolute atomic E-state index is 0.116. The van der Waals surface area contributed by atoms with Crippen LogP contribution < -0.4 is 5.32 Å². The van der Waals surface area contributed by atoms with Gasteiger partial charge >= 0.3 is 0 Å². The highest BCUT2D eigenvalue weighted by Crippen LogP contribution is 1.94. The third-order valence-corrected chi connectivity index (χ3v) is 3.94. The molecule has 1 unspecified atom stereocenters. The molecule has 0 heterocycles. The Hall–Kier alpha value is -0.790. The normalized spacial score (nSPS) is 12.8. The lowest BCUT2D eigenvalue weighted by atomic mass is 10.4. The zero-order valence-electron chi connectivity index (χ0n) is 8.85. The number of nitrogens with one attached hydrogen (secondary N) is 1. The van der Waals surface area contributed by atoms with E-state index in [1.54, 1.807) is 0 Å². The molecule has 1 N–H and O–H groups in total. The van der Waals surface area contributed by atoms with Gasteiger partial charge in [0.15, 0.2) is 9.84 Å². The molecule has 1 amide bonds. The van der Waals surface area contributed by atoms with E-state index in [4.69, 9.17) is 0 Å². The van der Waals surface area contributed by atoms with Crippen LogP contribution in [0.3, 0.4) is 0 Å². The highest BCUT2D eigenvalue weighted by molar-refractivity contribution is 7.94. The van der Waals surface area contributed by atoms with Crippen LogP contribution in [-0.4, -0.2) is 36.9 Å². The van der Waals surface area contributed by atoms with Gasteiger partial charge in [-0.25, -0.2) is 8.42 Å². The summed E-state index contributed by atoms with van der Waals surface area (Å²) in [6, 6.07) is 0. The molecule has 0 aliphatic carbocycles. The van der Waals surface area contributed by atoms with E-state index < -0.39 is 21.0 Å². The largest absolute Gasteiger partial charge is 0.612 e. The molecule has 0 rings (SSSR count). The average molecular weight is 265 g/mol. The number of rotatable bonds is 8. The number of sulfone groups is 1. The van der Waals surface area contributed by atoms with Crippen molar-refractivity contribution in [3.05, 3.63) is 24.0 Å². The van der Waals surface area contributed by atoms with Crippen molar-refractivity contribution in [1.82, 2.24) is 5.32 Å². The third-order valence-electron chi connectivity index (χ3n) is 1.68. The second kappa shape index (κ2) is 7.48. The predicted molar refractivity (Wildman–Crippen MR) is 64.8 cm³/mol. The van der Waals surface area contributed by atoms with E-state index in [-0.39, 0.29) is 30.4 Å². The first kappa shape index (κ1) is 15.2. The molecule has 16 heavy (non-hydrogen) atoms. The van der Waals surface area contributed by atoms with Crippen LogP contribution in [0.1, 0.15) is 6.42 Å². The Labute approximate surface area is 98.7 Å². The van der Waals surface area contributed by atoms with Crippen LogP contribution in [-0.2, 0) is 25.8 Å². The van der Waals surface area contributed by atoms with Gasteiger partial charge in [-0.1, -0.05) is 13.2 Å². The lowest BCUT2D eigenvalue weighted by Crippen LogP contribution is -2.29. The second-order valence-corrected chi connectivity index (χ2v) is 6.46. The Balaban J connectivity index is 3.76.